The number of halogens is 1. The molecule has 3 nitrogen and oxygen atoms in total. The molecule has 19 heavy (non-hydrogen) atoms. The van der Waals surface area contributed by atoms with Gasteiger partial charge in [0.1, 0.15) is 0 Å². The largest absolute Gasteiger partial charge is 0.393 e. The van der Waals surface area contributed by atoms with Gasteiger partial charge in [-0.15, -0.1) is 0 Å². The van der Waals surface area contributed by atoms with Crippen LogP contribution in [0.25, 0.3) is 0 Å². The van der Waals surface area contributed by atoms with Gasteiger partial charge in [0.15, 0.2) is 0 Å². The zero-order valence-corrected chi connectivity index (χ0v) is 12.1. The van der Waals surface area contributed by atoms with E-state index < -0.39 is 6.10 Å². The molecule has 1 unspecified atom stereocenters. The second kappa shape index (κ2) is 6.71. The molecule has 1 aromatic rings. The van der Waals surface area contributed by atoms with Crippen molar-refractivity contribution in [1.82, 2.24) is 4.90 Å². The van der Waals surface area contributed by atoms with E-state index in [4.69, 9.17) is 11.6 Å². The monoisotopic (exact) mass is 283 g/mol. The summed E-state index contributed by atoms with van der Waals surface area (Å²) in [7, 11) is 2.06. The SMILES string of the molecule is CN(CCC(O)c1ccccc1Cl)CC1CC(O)C1. The number of rotatable bonds is 6. The highest BCUT2D eigenvalue weighted by Crippen LogP contribution is 2.28. The van der Waals surface area contributed by atoms with E-state index in [1.165, 1.54) is 0 Å². The Morgan fingerprint density at radius 3 is 2.68 bits per heavy atom. The minimum atomic E-state index is -0.511. The van der Waals surface area contributed by atoms with Gasteiger partial charge in [-0.05, 0) is 43.9 Å². The summed E-state index contributed by atoms with van der Waals surface area (Å²) in [5, 5.41) is 20.0. The lowest BCUT2D eigenvalue weighted by atomic mass is 9.82. The van der Waals surface area contributed by atoms with Crippen LogP contribution in [0.15, 0.2) is 24.3 Å². The predicted octanol–water partition coefficient (Wildman–Crippen LogP) is 2.47. The average molecular weight is 284 g/mol. The van der Waals surface area contributed by atoms with Crippen molar-refractivity contribution in [3.63, 3.8) is 0 Å². The van der Waals surface area contributed by atoms with Gasteiger partial charge in [0.05, 0.1) is 12.2 Å². The lowest BCUT2D eigenvalue weighted by molar-refractivity contribution is 0.0262. The molecule has 4 heteroatoms. The van der Waals surface area contributed by atoms with Crippen molar-refractivity contribution in [3.8, 4) is 0 Å². The highest BCUT2D eigenvalue weighted by molar-refractivity contribution is 6.31. The third kappa shape index (κ3) is 4.18. The molecular formula is C15H22ClNO2. The van der Waals surface area contributed by atoms with Crippen molar-refractivity contribution in [3.05, 3.63) is 34.9 Å². The van der Waals surface area contributed by atoms with Gasteiger partial charge >= 0.3 is 0 Å². The van der Waals surface area contributed by atoms with Gasteiger partial charge in [0, 0.05) is 18.1 Å². The summed E-state index contributed by atoms with van der Waals surface area (Å²) in [6.07, 6.45) is 1.90. The highest BCUT2D eigenvalue weighted by atomic mass is 35.5. The van der Waals surface area contributed by atoms with Gasteiger partial charge in [-0.2, -0.15) is 0 Å². The molecule has 1 aromatic carbocycles. The average Bonchev–Trinajstić information content (AvgIpc) is 2.35. The van der Waals surface area contributed by atoms with Crippen LogP contribution in [0.4, 0.5) is 0 Å². The zero-order valence-electron chi connectivity index (χ0n) is 11.3. The van der Waals surface area contributed by atoms with E-state index in [9.17, 15) is 10.2 Å². The Hall–Kier alpha value is -0.610. The van der Waals surface area contributed by atoms with Crippen LogP contribution in [0.5, 0.6) is 0 Å². The van der Waals surface area contributed by atoms with Crippen molar-refractivity contribution < 1.29 is 10.2 Å². The van der Waals surface area contributed by atoms with E-state index in [2.05, 4.69) is 11.9 Å². The number of nitrogens with zero attached hydrogens (tertiary/aromatic N) is 1. The quantitative estimate of drug-likeness (QED) is 0.843. The van der Waals surface area contributed by atoms with E-state index in [0.29, 0.717) is 17.4 Å². The first-order valence-electron chi connectivity index (χ1n) is 6.85. The van der Waals surface area contributed by atoms with Gasteiger partial charge < -0.3 is 15.1 Å². The van der Waals surface area contributed by atoms with Crippen molar-refractivity contribution in [2.75, 3.05) is 20.1 Å². The molecule has 2 N–H and O–H groups in total. The zero-order chi connectivity index (χ0) is 13.8. The van der Waals surface area contributed by atoms with Gasteiger partial charge in [-0.25, -0.2) is 0 Å². The molecule has 1 atom stereocenters. The minimum Gasteiger partial charge on any atom is -0.393 e. The molecule has 0 spiro atoms. The van der Waals surface area contributed by atoms with E-state index in [0.717, 1.165) is 31.5 Å². The molecule has 1 aliphatic rings. The molecule has 1 saturated carbocycles. The fourth-order valence-corrected chi connectivity index (χ4v) is 2.89. The molecule has 0 radical (unpaired) electrons. The molecular weight excluding hydrogens is 262 g/mol. The first kappa shape index (κ1) is 14.8. The van der Waals surface area contributed by atoms with E-state index in [1.54, 1.807) is 6.07 Å². The van der Waals surface area contributed by atoms with Crippen LogP contribution in [-0.4, -0.2) is 41.4 Å². The summed E-state index contributed by atoms with van der Waals surface area (Å²) in [5.41, 5.74) is 0.802. The second-order valence-corrected chi connectivity index (χ2v) is 5.99. The maximum Gasteiger partial charge on any atom is 0.0816 e. The van der Waals surface area contributed by atoms with Gasteiger partial charge in [-0.3, -0.25) is 0 Å². The number of aliphatic hydroxyl groups is 2. The lowest BCUT2D eigenvalue weighted by Gasteiger charge is -2.34. The van der Waals surface area contributed by atoms with Gasteiger partial charge in [-0.1, -0.05) is 29.8 Å². The Morgan fingerprint density at radius 2 is 2.05 bits per heavy atom. The molecule has 0 saturated heterocycles. The standard InChI is InChI=1S/C15H22ClNO2/c1-17(10-11-8-12(18)9-11)7-6-15(19)13-4-2-3-5-14(13)16/h2-5,11-12,15,18-19H,6-10H2,1H3. The van der Waals surface area contributed by atoms with Gasteiger partial charge in [0.2, 0.25) is 0 Å². The van der Waals surface area contributed by atoms with Gasteiger partial charge in [0.25, 0.3) is 0 Å². The maximum atomic E-state index is 10.1. The summed E-state index contributed by atoms with van der Waals surface area (Å²) in [5.74, 6) is 0.609. The topological polar surface area (TPSA) is 43.7 Å². The molecule has 1 aliphatic carbocycles. The molecule has 1 fully saturated rings. The van der Waals surface area contributed by atoms with Crippen LogP contribution in [0.3, 0.4) is 0 Å². The maximum absolute atomic E-state index is 10.1. The van der Waals surface area contributed by atoms with Crippen LogP contribution in [0, 0.1) is 5.92 Å². The van der Waals surface area contributed by atoms with Crippen LogP contribution >= 0.6 is 11.6 Å². The Labute approximate surface area is 119 Å². The fourth-order valence-electron chi connectivity index (χ4n) is 2.63. The Morgan fingerprint density at radius 1 is 1.37 bits per heavy atom. The van der Waals surface area contributed by atoms with E-state index in [-0.39, 0.29) is 6.10 Å². The highest BCUT2D eigenvalue weighted by Gasteiger charge is 2.27. The Kier molecular flexibility index (Phi) is 5.22. The normalized spacial score (nSPS) is 24.3. The number of hydrogen-bond acceptors (Lipinski definition) is 3. The molecule has 0 heterocycles. The molecule has 2 rings (SSSR count). The summed E-state index contributed by atoms with van der Waals surface area (Å²) in [6.45, 7) is 1.82. The van der Waals surface area contributed by atoms with Crippen molar-refractivity contribution in [2.45, 2.75) is 31.5 Å². The first-order chi connectivity index (χ1) is 9.06. The Balaban J connectivity index is 1.74. The van der Waals surface area contributed by atoms with Crippen molar-refractivity contribution in [2.24, 2.45) is 5.92 Å². The van der Waals surface area contributed by atoms with Crippen LogP contribution in [0.1, 0.15) is 30.9 Å². The number of benzene rings is 1. The minimum absolute atomic E-state index is 0.0906. The van der Waals surface area contributed by atoms with E-state index >= 15 is 0 Å². The number of aliphatic hydroxyl groups excluding tert-OH is 2. The van der Waals surface area contributed by atoms with Crippen molar-refractivity contribution >= 4 is 11.6 Å². The van der Waals surface area contributed by atoms with E-state index in [1.807, 2.05) is 18.2 Å². The molecule has 0 bridgehead atoms. The van der Waals surface area contributed by atoms with Crippen LogP contribution < -0.4 is 0 Å². The smallest absolute Gasteiger partial charge is 0.0816 e. The number of hydrogen-bond donors (Lipinski definition) is 2. The molecule has 106 valence electrons. The first-order valence-corrected chi connectivity index (χ1v) is 7.23. The second-order valence-electron chi connectivity index (χ2n) is 5.58. The molecule has 0 amide bonds. The summed E-state index contributed by atoms with van der Waals surface area (Å²) < 4.78 is 0. The summed E-state index contributed by atoms with van der Waals surface area (Å²) in [6, 6.07) is 7.44. The molecule has 0 aromatic heterocycles. The molecule has 0 aliphatic heterocycles. The predicted molar refractivity (Wildman–Crippen MR) is 77.3 cm³/mol. The summed E-state index contributed by atoms with van der Waals surface area (Å²) >= 11 is 6.06. The Bertz CT molecular complexity index is 407. The lowest BCUT2D eigenvalue weighted by Crippen LogP contribution is -2.37. The summed E-state index contributed by atoms with van der Waals surface area (Å²) in [4.78, 5) is 2.22. The van der Waals surface area contributed by atoms with Crippen molar-refractivity contribution in [1.29, 1.82) is 0 Å². The fraction of sp³-hybridized carbons (Fsp3) is 0.600. The third-order valence-electron chi connectivity index (χ3n) is 3.83. The van der Waals surface area contributed by atoms with Crippen LogP contribution in [0.2, 0.25) is 5.02 Å². The third-order valence-corrected chi connectivity index (χ3v) is 4.17. The van der Waals surface area contributed by atoms with Crippen LogP contribution in [-0.2, 0) is 0 Å².